The molecule has 2 N–H and O–H groups in total. The van der Waals surface area contributed by atoms with Crippen molar-refractivity contribution in [2.75, 3.05) is 53.9 Å². The Morgan fingerprint density at radius 3 is 2.34 bits per heavy atom. The lowest BCUT2D eigenvalue weighted by Crippen LogP contribution is -2.46. The zero-order valence-electron chi connectivity index (χ0n) is 35.0. The number of amides is 1. The van der Waals surface area contributed by atoms with Crippen molar-refractivity contribution in [3.8, 4) is 11.1 Å². The van der Waals surface area contributed by atoms with Gasteiger partial charge in [-0.1, -0.05) is 66.2 Å². The van der Waals surface area contributed by atoms with Crippen molar-refractivity contribution in [1.29, 1.82) is 0 Å². The fourth-order valence-corrected chi connectivity index (χ4v) is 9.36. The van der Waals surface area contributed by atoms with Crippen LogP contribution in [0.15, 0.2) is 131 Å². The number of thioether (sulfide) groups is 1. The normalized spacial score (nSPS) is 14.0. The van der Waals surface area contributed by atoms with Crippen molar-refractivity contribution in [2.24, 2.45) is 0 Å². The number of nitrogens with one attached hydrogen (secondary N) is 2. The molecule has 0 aliphatic carbocycles. The molecule has 0 bridgehead atoms. The second kappa shape index (κ2) is 19.1. The maximum Gasteiger partial charge on any atom is 0.293 e. The Balaban J connectivity index is 1.04. The summed E-state index contributed by atoms with van der Waals surface area (Å²) in [5, 5.41) is 16.8. The van der Waals surface area contributed by atoms with Gasteiger partial charge in [-0.15, -0.1) is 11.8 Å². The molecule has 1 aliphatic rings. The number of nitro benzene ring substituents is 1. The summed E-state index contributed by atoms with van der Waals surface area (Å²) >= 11 is 7.66. The number of piperazine rings is 1. The van der Waals surface area contributed by atoms with Gasteiger partial charge in [0, 0.05) is 90.6 Å². The minimum Gasteiger partial charge on any atom is -0.375 e. The molecule has 6 aromatic rings. The number of hydrogen-bond donors (Lipinski definition) is 2. The van der Waals surface area contributed by atoms with Crippen LogP contribution in [0, 0.1) is 10.1 Å². The van der Waals surface area contributed by atoms with Crippen LogP contribution in [0.3, 0.4) is 0 Å². The molecule has 13 nitrogen and oxygen atoms in total. The second-order valence-corrected chi connectivity index (χ2v) is 19.4. The summed E-state index contributed by atoms with van der Waals surface area (Å²) in [4.78, 5) is 40.9. The molecule has 1 saturated heterocycles. The zero-order valence-corrected chi connectivity index (χ0v) is 37.4. The number of carbonyl (C=O) groups excluding carboxylic acids is 1. The molecule has 1 amide bonds. The minimum absolute atomic E-state index is 0.0510. The number of fused-ring (bicyclic) bond motifs is 1. The molecule has 0 radical (unpaired) electrons. The van der Waals surface area contributed by atoms with Crippen molar-refractivity contribution in [3.05, 3.63) is 142 Å². The van der Waals surface area contributed by atoms with E-state index in [2.05, 4.69) is 54.1 Å². The van der Waals surface area contributed by atoms with Crippen molar-refractivity contribution >= 4 is 73.1 Å². The quantitative estimate of drug-likeness (QED) is 0.0576. The van der Waals surface area contributed by atoms with Gasteiger partial charge in [0.25, 0.3) is 15.7 Å². The van der Waals surface area contributed by atoms with Crippen molar-refractivity contribution < 1.29 is 18.1 Å². The van der Waals surface area contributed by atoms with E-state index >= 15 is 0 Å². The molecule has 0 spiro atoms. The topological polar surface area (TPSA) is 154 Å². The first-order valence-corrected chi connectivity index (χ1v) is 23.1. The van der Waals surface area contributed by atoms with Crippen LogP contribution >= 0.6 is 23.4 Å². The number of sulfonamides is 1. The summed E-state index contributed by atoms with van der Waals surface area (Å²) in [6.45, 7) is 9.89. The predicted octanol–water partition coefficient (Wildman–Crippen LogP) is 9.20. The third-order valence-electron chi connectivity index (χ3n) is 11.0. The highest BCUT2D eigenvalue weighted by molar-refractivity contribution is 7.99. The van der Waals surface area contributed by atoms with Gasteiger partial charge in [-0.3, -0.25) is 24.5 Å². The van der Waals surface area contributed by atoms with E-state index in [9.17, 15) is 23.3 Å². The zero-order chi connectivity index (χ0) is 44.0. The molecule has 0 saturated carbocycles. The molecule has 2 heterocycles. The standard InChI is InChI=1S/C46H49ClN8O5S2/c1-46(2,3)52(4)44(56)26-35(30-61-37-11-6-5-7-12-37)50-41-21-19-38(28-43(41)55(57)58)62(59,60)51-45-40-20-18-36(27-42(40)48-31-49-45)54-24-22-53(23-25-54)29-33-10-8-9-13-39(33)32-14-16-34(47)17-15-32/h5-21,27-28,31,35,50H,22-26,29-30H2,1-4H3,(H,48,49,51). The van der Waals surface area contributed by atoms with E-state index in [1.54, 1.807) is 18.0 Å². The molecule has 1 fully saturated rings. The number of hydrogen-bond acceptors (Lipinski definition) is 11. The lowest BCUT2D eigenvalue weighted by atomic mass is 9.99. The van der Waals surface area contributed by atoms with Gasteiger partial charge in [-0.2, -0.15) is 0 Å². The van der Waals surface area contributed by atoms with Gasteiger partial charge in [0.15, 0.2) is 5.82 Å². The van der Waals surface area contributed by atoms with Gasteiger partial charge in [-0.25, -0.2) is 18.4 Å². The van der Waals surface area contributed by atoms with E-state index in [1.807, 2.05) is 87.5 Å². The molecule has 1 atom stereocenters. The highest BCUT2D eigenvalue weighted by Gasteiger charge is 2.28. The summed E-state index contributed by atoms with van der Waals surface area (Å²) in [5.41, 5.74) is 4.30. The van der Waals surface area contributed by atoms with Crippen LogP contribution in [-0.4, -0.2) is 89.6 Å². The number of halogens is 1. The number of benzene rings is 5. The average molecular weight is 894 g/mol. The first-order valence-electron chi connectivity index (χ1n) is 20.2. The highest BCUT2D eigenvalue weighted by Crippen LogP contribution is 2.33. The van der Waals surface area contributed by atoms with Crippen molar-refractivity contribution in [3.63, 3.8) is 0 Å². The Morgan fingerprint density at radius 1 is 0.919 bits per heavy atom. The van der Waals surface area contributed by atoms with Gasteiger partial charge in [-0.05, 0) is 92.1 Å². The van der Waals surface area contributed by atoms with E-state index in [-0.39, 0.29) is 28.7 Å². The first-order chi connectivity index (χ1) is 29.6. The SMILES string of the molecule is CN(C(=O)CC(CSc1ccccc1)Nc1ccc(S(=O)(=O)Nc2ncnc3cc(N4CCN(Cc5ccccc5-c5ccc(Cl)cc5)CC4)ccc23)cc1[N+](=O)[O-])C(C)(C)C. The number of anilines is 3. The van der Waals surface area contributed by atoms with E-state index in [4.69, 9.17) is 11.6 Å². The van der Waals surface area contributed by atoms with Crippen LogP contribution in [0.2, 0.25) is 5.02 Å². The summed E-state index contributed by atoms with van der Waals surface area (Å²) in [6, 6.07) is 34.8. The maximum atomic E-state index is 13.8. The van der Waals surface area contributed by atoms with Crippen molar-refractivity contribution in [2.45, 2.75) is 55.1 Å². The molecule has 1 unspecified atom stereocenters. The van der Waals surface area contributed by atoms with Gasteiger partial charge < -0.3 is 15.1 Å². The average Bonchev–Trinajstić information content (AvgIpc) is 3.26. The third kappa shape index (κ3) is 10.8. The molecule has 62 heavy (non-hydrogen) atoms. The highest BCUT2D eigenvalue weighted by atomic mass is 35.5. The van der Waals surface area contributed by atoms with Crippen LogP contribution in [-0.2, 0) is 21.4 Å². The second-order valence-electron chi connectivity index (χ2n) is 16.2. The molecule has 5 aromatic carbocycles. The van der Waals surface area contributed by atoms with Crippen LogP contribution in [0.1, 0.15) is 32.8 Å². The van der Waals surface area contributed by atoms with Crippen LogP contribution in [0.4, 0.5) is 22.9 Å². The molecule has 1 aromatic heterocycles. The maximum absolute atomic E-state index is 13.8. The number of nitro groups is 1. The minimum atomic E-state index is -4.34. The van der Waals surface area contributed by atoms with Gasteiger partial charge in [0.2, 0.25) is 5.91 Å². The largest absolute Gasteiger partial charge is 0.375 e. The Morgan fingerprint density at radius 2 is 1.63 bits per heavy atom. The van der Waals surface area contributed by atoms with E-state index in [1.165, 1.54) is 41.3 Å². The Hall–Kier alpha value is -5.74. The first kappa shape index (κ1) is 44.3. The number of nitrogens with zero attached hydrogens (tertiary/aromatic N) is 6. The number of carbonyl (C=O) groups is 1. The fourth-order valence-electron chi connectivity index (χ4n) is 7.24. The monoisotopic (exact) mass is 892 g/mol. The Labute approximate surface area is 371 Å². The summed E-state index contributed by atoms with van der Waals surface area (Å²) < 4.78 is 30.2. The lowest BCUT2D eigenvalue weighted by molar-refractivity contribution is -0.384. The van der Waals surface area contributed by atoms with E-state index in [0.29, 0.717) is 21.7 Å². The Kier molecular flexibility index (Phi) is 13.7. The van der Waals surface area contributed by atoms with Crippen LogP contribution < -0.4 is 14.9 Å². The molecule has 7 rings (SSSR count). The van der Waals surface area contributed by atoms with Gasteiger partial charge in [0.1, 0.15) is 12.0 Å². The molecule has 322 valence electrons. The van der Waals surface area contributed by atoms with Crippen LogP contribution in [0.5, 0.6) is 0 Å². The number of aromatic nitrogens is 2. The molecular formula is C46H49ClN8O5S2. The van der Waals surface area contributed by atoms with Gasteiger partial charge in [0.05, 0.1) is 15.3 Å². The third-order valence-corrected chi connectivity index (χ3v) is 13.7. The number of rotatable bonds is 15. The van der Waals surface area contributed by atoms with E-state index in [0.717, 1.165) is 54.9 Å². The molecule has 16 heteroatoms. The Bertz CT molecular complexity index is 2660. The van der Waals surface area contributed by atoms with E-state index < -0.39 is 32.2 Å². The van der Waals surface area contributed by atoms with Crippen LogP contribution in [0.25, 0.3) is 22.0 Å². The van der Waals surface area contributed by atoms with Gasteiger partial charge >= 0.3 is 0 Å². The predicted molar refractivity (Wildman–Crippen MR) is 250 cm³/mol. The summed E-state index contributed by atoms with van der Waals surface area (Å²) in [7, 11) is -2.61. The molecular weight excluding hydrogens is 844 g/mol. The summed E-state index contributed by atoms with van der Waals surface area (Å²) in [5.74, 6) is 0.339. The summed E-state index contributed by atoms with van der Waals surface area (Å²) in [6.07, 6.45) is 1.35. The lowest BCUT2D eigenvalue weighted by Gasteiger charge is -2.36. The molecule has 1 aliphatic heterocycles. The fraction of sp³-hybridized carbons (Fsp3) is 0.283. The smallest absolute Gasteiger partial charge is 0.293 e. The van der Waals surface area contributed by atoms with Crippen molar-refractivity contribution in [1.82, 2.24) is 19.8 Å².